The van der Waals surface area contributed by atoms with Crippen molar-refractivity contribution in [2.75, 3.05) is 13.1 Å². The number of likely N-dealkylation sites (tertiary alicyclic amines) is 1. The number of rotatable bonds is 2. The molecule has 0 radical (unpaired) electrons. The predicted molar refractivity (Wildman–Crippen MR) is 61.9 cm³/mol. The number of nitrogens with two attached hydrogens (primary N) is 1. The first kappa shape index (κ1) is 11.1. The molecule has 1 aromatic rings. The van der Waals surface area contributed by atoms with Crippen LogP contribution in [0.2, 0.25) is 0 Å². The zero-order valence-electron chi connectivity index (χ0n) is 9.35. The maximum Gasteiger partial charge on any atom is 0.272 e. The number of piperidine rings is 1. The van der Waals surface area contributed by atoms with Crippen LogP contribution in [0.4, 0.5) is 0 Å². The zero-order chi connectivity index (χ0) is 11.4. The molecule has 0 atom stereocenters. The van der Waals surface area contributed by atoms with Gasteiger partial charge in [0.25, 0.3) is 5.91 Å². The Morgan fingerprint density at radius 3 is 2.81 bits per heavy atom. The van der Waals surface area contributed by atoms with Crippen LogP contribution in [0.25, 0.3) is 0 Å². The molecule has 1 aromatic heterocycles. The predicted octanol–water partition coefficient (Wildman–Crippen LogP) is 1.17. The summed E-state index contributed by atoms with van der Waals surface area (Å²) in [5, 5.41) is 0. The molecule has 1 fully saturated rings. The van der Waals surface area contributed by atoms with E-state index in [1.165, 1.54) is 6.42 Å². The van der Waals surface area contributed by atoms with Crippen LogP contribution < -0.4 is 5.73 Å². The number of hydrogen-bond donors (Lipinski definition) is 1. The second kappa shape index (κ2) is 5.07. The topological polar surface area (TPSA) is 59.2 Å². The lowest BCUT2D eigenvalue weighted by Gasteiger charge is -2.26. The van der Waals surface area contributed by atoms with Crippen molar-refractivity contribution in [1.29, 1.82) is 0 Å². The van der Waals surface area contributed by atoms with Gasteiger partial charge in [-0.3, -0.25) is 9.78 Å². The molecule has 0 aromatic carbocycles. The van der Waals surface area contributed by atoms with Gasteiger partial charge < -0.3 is 10.6 Å². The number of hydrogen-bond acceptors (Lipinski definition) is 3. The Kier molecular flexibility index (Phi) is 3.51. The molecule has 1 aliphatic heterocycles. The quantitative estimate of drug-likeness (QED) is 0.812. The van der Waals surface area contributed by atoms with E-state index in [4.69, 9.17) is 5.73 Å². The average Bonchev–Trinajstić information content (AvgIpc) is 2.39. The van der Waals surface area contributed by atoms with E-state index in [0.29, 0.717) is 12.2 Å². The first-order valence-electron chi connectivity index (χ1n) is 5.75. The van der Waals surface area contributed by atoms with E-state index in [2.05, 4.69) is 4.98 Å². The van der Waals surface area contributed by atoms with Crippen LogP contribution in [0.1, 0.15) is 35.3 Å². The molecule has 0 saturated carbocycles. The fraction of sp³-hybridized carbons (Fsp3) is 0.500. The van der Waals surface area contributed by atoms with Crippen LogP contribution in [-0.4, -0.2) is 28.9 Å². The van der Waals surface area contributed by atoms with Crippen LogP contribution in [0.15, 0.2) is 18.3 Å². The van der Waals surface area contributed by atoms with Crippen molar-refractivity contribution in [1.82, 2.24) is 9.88 Å². The van der Waals surface area contributed by atoms with E-state index in [0.717, 1.165) is 31.5 Å². The van der Waals surface area contributed by atoms with Gasteiger partial charge in [0.1, 0.15) is 5.69 Å². The summed E-state index contributed by atoms with van der Waals surface area (Å²) in [7, 11) is 0. The molecule has 2 N–H and O–H groups in total. The molecule has 1 amide bonds. The summed E-state index contributed by atoms with van der Waals surface area (Å²) in [6, 6.07) is 3.63. The lowest BCUT2D eigenvalue weighted by atomic mass is 10.1. The number of amides is 1. The van der Waals surface area contributed by atoms with Crippen molar-refractivity contribution >= 4 is 5.91 Å². The Labute approximate surface area is 95.5 Å². The third kappa shape index (κ3) is 2.39. The zero-order valence-corrected chi connectivity index (χ0v) is 9.35. The molecule has 2 rings (SSSR count). The van der Waals surface area contributed by atoms with Gasteiger partial charge in [0.05, 0.1) is 0 Å². The summed E-state index contributed by atoms with van der Waals surface area (Å²) in [6.45, 7) is 2.16. The molecule has 0 bridgehead atoms. The van der Waals surface area contributed by atoms with Gasteiger partial charge in [-0.2, -0.15) is 0 Å². The van der Waals surface area contributed by atoms with Gasteiger partial charge in [-0.05, 0) is 37.0 Å². The second-order valence-corrected chi connectivity index (χ2v) is 4.11. The smallest absolute Gasteiger partial charge is 0.272 e. The van der Waals surface area contributed by atoms with E-state index < -0.39 is 0 Å². The Balaban J connectivity index is 2.12. The fourth-order valence-electron chi connectivity index (χ4n) is 1.98. The highest BCUT2D eigenvalue weighted by Crippen LogP contribution is 2.12. The Bertz CT molecular complexity index is 372. The van der Waals surface area contributed by atoms with E-state index in [-0.39, 0.29) is 5.91 Å². The van der Waals surface area contributed by atoms with Gasteiger partial charge in [0, 0.05) is 25.8 Å². The van der Waals surface area contributed by atoms with Crippen molar-refractivity contribution in [2.24, 2.45) is 5.73 Å². The number of carbonyl (C=O) groups excluding carboxylic acids is 1. The van der Waals surface area contributed by atoms with Crippen LogP contribution in [0.5, 0.6) is 0 Å². The highest BCUT2D eigenvalue weighted by atomic mass is 16.2. The van der Waals surface area contributed by atoms with E-state index in [1.54, 1.807) is 12.3 Å². The molecule has 1 saturated heterocycles. The Morgan fingerprint density at radius 1 is 1.38 bits per heavy atom. The van der Waals surface area contributed by atoms with Crippen LogP contribution in [0.3, 0.4) is 0 Å². The summed E-state index contributed by atoms with van der Waals surface area (Å²) in [5.41, 5.74) is 7.02. The molecule has 86 valence electrons. The van der Waals surface area contributed by atoms with E-state index >= 15 is 0 Å². The highest BCUT2D eigenvalue weighted by Gasteiger charge is 2.18. The van der Waals surface area contributed by atoms with Crippen molar-refractivity contribution in [3.8, 4) is 0 Å². The van der Waals surface area contributed by atoms with Crippen LogP contribution >= 0.6 is 0 Å². The van der Waals surface area contributed by atoms with Gasteiger partial charge in [0.2, 0.25) is 0 Å². The second-order valence-electron chi connectivity index (χ2n) is 4.11. The molecule has 1 aliphatic rings. The molecular formula is C12H17N3O. The summed E-state index contributed by atoms with van der Waals surface area (Å²) in [4.78, 5) is 18.1. The van der Waals surface area contributed by atoms with Crippen molar-refractivity contribution < 1.29 is 4.79 Å². The largest absolute Gasteiger partial charge is 0.337 e. The molecule has 4 nitrogen and oxygen atoms in total. The Hall–Kier alpha value is -1.42. The summed E-state index contributed by atoms with van der Waals surface area (Å²) < 4.78 is 0. The number of nitrogens with zero attached hydrogens (tertiary/aromatic N) is 2. The minimum atomic E-state index is 0.0370. The summed E-state index contributed by atoms with van der Waals surface area (Å²) in [6.07, 6.45) is 5.07. The summed E-state index contributed by atoms with van der Waals surface area (Å²) in [5.74, 6) is 0.0370. The highest BCUT2D eigenvalue weighted by molar-refractivity contribution is 5.92. The SMILES string of the molecule is NCc1ccnc(C(=O)N2CCCCC2)c1. The monoisotopic (exact) mass is 219 g/mol. The third-order valence-corrected chi connectivity index (χ3v) is 2.92. The Morgan fingerprint density at radius 2 is 2.12 bits per heavy atom. The first-order valence-corrected chi connectivity index (χ1v) is 5.75. The van der Waals surface area contributed by atoms with Gasteiger partial charge >= 0.3 is 0 Å². The standard InChI is InChI=1S/C12H17N3O/c13-9-10-4-5-14-11(8-10)12(16)15-6-2-1-3-7-15/h4-5,8H,1-3,6-7,9,13H2. The molecule has 16 heavy (non-hydrogen) atoms. The molecule has 0 aliphatic carbocycles. The van der Waals surface area contributed by atoms with Crippen molar-refractivity contribution in [2.45, 2.75) is 25.8 Å². The molecule has 4 heteroatoms. The molecule has 0 unspecified atom stereocenters. The maximum absolute atomic E-state index is 12.1. The molecule has 2 heterocycles. The van der Waals surface area contributed by atoms with Crippen LogP contribution in [0, 0.1) is 0 Å². The first-order chi connectivity index (χ1) is 7.81. The average molecular weight is 219 g/mol. The van der Waals surface area contributed by atoms with Crippen molar-refractivity contribution in [3.63, 3.8) is 0 Å². The lowest BCUT2D eigenvalue weighted by molar-refractivity contribution is 0.0718. The van der Waals surface area contributed by atoms with Crippen molar-refractivity contribution in [3.05, 3.63) is 29.6 Å². The maximum atomic E-state index is 12.1. The van der Waals surface area contributed by atoms with Gasteiger partial charge in [-0.25, -0.2) is 0 Å². The lowest BCUT2D eigenvalue weighted by Crippen LogP contribution is -2.36. The number of carbonyl (C=O) groups is 1. The van der Waals surface area contributed by atoms with E-state index in [9.17, 15) is 4.79 Å². The molecule has 0 spiro atoms. The normalized spacial score (nSPS) is 16.2. The van der Waals surface area contributed by atoms with E-state index in [1.807, 2.05) is 11.0 Å². The van der Waals surface area contributed by atoms with Gasteiger partial charge in [-0.15, -0.1) is 0 Å². The fourth-order valence-corrected chi connectivity index (χ4v) is 1.98. The number of aromatic nitrogens is 1. The minimum Gasteiger partial charge on any atom is -0.337 e. The third-order valence-electron chi connectivity index (χ3n) is 2.92. The number of pyridine rings is 1. The summed E-state index contributed by atoms with van der Waals surface area (Å²) >= 11 is 0. The van der Waals surface area contributed by atoms with Gasteiger partial charge in [-0.1, -0.05) is 0 Å². The van der Waals surface area contributed by atoms with Crippen LogP contribution in [-0.2, 0) is 6.54 Å². The molecular weight excluding hydrogens is 202 g/mol. The van der Waals surface area contributed by atoms with Gasteiger partial charge in [0.15, 0.2) is 0 Å². The minimum absolute atomic E-state index is 0.0370.